The predicted octanol–water partition coefficient (Wildman–Crippen LogP) is 2.90. The Morgan fingerprint density at radius 3 is 2.43 bits per heavy atom. The Bertz CT molecular complexity index is 461. The van der Waals surface area contributed by atoms with Crippen molar-refractivity contribution in [1.29, 1.82) is 0 Å². The number of rotatable bonds is 5. The van der Waals surface area contributed by atoms with Crippen LogP contribution in [0.4, 0.5) is 0 Å². The van der Waals surface area contributed by atoms with Gasteiger partial charge in [-0.1, -0.05) is 6.42 Å². The number of aliphatic hydroxyl groups is 1. The Kier molecular flexibility index (Phi) is 5.23. The van der Waals surface area contributed by atoms with Crippen LogP contribution in [0.3, 0.4) is 0 Å². The minimum atomic E-state index is -0.617. The van der Waals surface area contributed by atoms with Crippen LogP contribution in [0.2, 0.25) is 0 Å². The number of benzene rings is 1. The van der Waals surface area contributed by atoms with E-state index in [1.165, 1.54) is 19.3 Å². The molecule has 0 aromatic heterocycles. The summed E-state index contributed by atoms with van der Waals surface area (Å²) in [5.74, 6) is 0.637. The molecule has 0 spiro atoms. The third kappa shape index (κ3) is 4.74. The van der Waals surface area contributed by atoms with E-state index in [1.54, 1.807) is 26.0 Å². The first kappa shape index (κ1) is 15.8. The predicted molar refractivity (Wildman–Crippen MR) is 82.6 cm³/mol. The molecule has 0 unspecified atom stereocenters. The molecule has 116 valence electrons. The van der Waals surface area contributed by atoms with Crippen LogP contribution in [0.25, 0.3) is 0 Å². The minimum Gasteiger partial charge on any atom is -0.490 e. The van der Waals surface area contributed by atoms with E-state index in [-0.39, 0.29) is 12.5 Å². The maximum atomic E-state index is 12.1. The average molecular weight is 291 g/mol. The van der Waals surface area contributed by atoms with Crippen molar-refractivity contribution < 1.29 is 14.6 Å². The Balaban J connectivity index is 1.93. The van der Waals surface area contributed by atoms with E-state index in [9.17, 15) is 9.90 Å². The zero-order valence-electron chi connectivity index (χ0n) is 12.9. The van der Waals surface area contributed by atoms with Crippen LogP contribution in [0.1, 0.15) is 56.3 Å². The van der Waals surface area contributed by atoms with Gasteiger partial charge in [-0.3, -0.25) is 4.79 Å². The van der Waals surface area contributed by atoms with Crippen LogP contribution >= 0.6 is 0 Å². The van der Waals surface area contributed by atoms with Crippen LogP contribution in [0, 0.1) is 0 Å². The molecule has 4 heteroatoms. The molecular weight excluding hydrogens is 266 g/mol. The van der Waals surface area contributed by atoms with Crippen LogP contribution in [0.15, 0.2) is 24.3 Å². The molecule has 1 aromatic carbocycles. The first-order valence-corrected chi connectivity index (χ1v) is 7.70. The van der Waals surface area contributed by atoms with Crippen LogP contribution in [-0.2, 0) is 0 Å². The van der Waals surface area contributed by atoms with Crippen molar-refractivity contribution in [3.05, 3.63) is 29.8 Å². The largest absolute Gasteiger partial charge is 0.490 e. The molecule has 1 saturated carbocycles. The summed E-state index contributed by atoms with van der Waals surface area (Å²) >= 11 is 0. The summed E-state index contributed by atoms with van der Waals surface area (Å²) in [5, 5.41) is 12.0. The quantitative estimate of drug-likeness (QED) is 0.877. The lowest BCUT2D eigenvalue weighted by Gasteiger charge is -2.24. The molecule has 0 saturated heterocycles. The normalized spacial score (nSPS) is 16.5. The molecule has 1 fully saturated rings. The molecule has 0 heterocycles. The van der Waals surface area contributed by atoms with E-state index in [1.807, 2.05) is 12.1 Å². The van der Waals surface area contributed by atoms with Crippen molar-refractivity contribution >= 4 is 5.91 Å². The van der Waals surface area contributed by atoms with Crippen molar-refractivity contribution in [2.75, 3.05) is 6.61 Å². The summed E-state index contributed by atoms with van der Waals surface area (Å²) in [4.78, 5) is 12.1. The highest BCUT2D eigenvalue weighted by atomic mass is 16.5. The van der Waals surface area contributed by atoms with Crippen molar-refractivity contribution in [1.82, 2.24) is 5.32 Å². The maximum absolute atomic E-state index is 12.1. The van der Waals surface area contributed by atoms with E-state index in [4.69, 9.17) is 4.74 Å². The van der Waals surface area contributed by atoms with Gasteiger partial charge in [0.1, 0.15) is 5.75 Å². The van der Waals surface area contributed by atoms with Gasteiger partial charge in [0.2, 0.25) is 0 Å². The number of hydrogen-bond donors (Lipinski definition) is 2. The molecule has 1 aromatic rings. The van der Waals surface area contributed by atoms with Gasteiger partial charge in [0.15, 0.2) is 0 Å². The Labute approximate surface area is 126 Å². The number of hydrogen-bond acceptors (Lipinski definition) is 3. The number of aliphatic hydroxyl groups excluding tert-OH is 1. The topological polar surface area (TPSA) is 58.6 Å². The number of nitrogens with one attached hydrogen (secondary N) is 1. The van der Waals surface area contributed by atoms with Crippen LogP contribution in [0.5, 0.6) is 5.75 Å². The summed E-state index contributed by atoms with van der Waals surface area (Å²) in [5.41, 5.74) is -0.0403. The average Bonchev–Trinajstić information content (AvgIpc) is 2.48. The number of amides is 1. The minimum absolute atomic E-state index is 0.0956. The standard InChI is InChI=1S/C17H25NO3/c1-17(2,12-19)18-16(20)13-8-10-15(11-9-13)21-14-6-4-3-5-7-14/h8-11,14,19H,3-7,12H2,1-2H3,(H,18,20). The van der Waals surface area contributed by atoms with E-state index in [2.05, 4.69) is 5.32 Å². The molecule has 0 radical (unpaired) electrons. The summed E-state index contributed by atoms with van der Waals surface area (Å²) < 4.78 is 5.94. The first-order chi connectivity index (χ1) is 10.00. The number of ether oxygens (including phenoxy) is 1. The van der Waals surface area contributed by atoms with Gasteiger partial charge in [0.25, 0.3) is 5.91 Å². The fourth-order valence-electron chi connectivity index (χ4n) is 2.48. The molecule has 0 bridgehead atoms. The van der Waals surface area contributed by atoms with Gasteiger partial charge in [-0.25, -0.2) is 0 Å². The van der Waals surface area contributed by atoms with Gasteiger partial charge < -0.3 is 15.2 Å². The molecule has 2 rings (SSSR count). The molecule has 1 aliphatic carbocycles. The highest BCUT2D eigenvalue weighted by molar-refractivity contribution is 5.94. The third-order valence-electron chi connectivity index (χ3n) is 3.82. The Hall–Kier alpha value is -1.55. The first-order valence-electron chi connectivity index (χ1n) is 7.70. The van der Waals surface area contributed by atoms with Crippen molar-refractivity contribution in [3.63, 3.8) is 0 Å². The SMILES string of the molecule is CC(C)(CO)NC(=O)c1ccc(OC2CCCCC2)cc1. The zero-order valence-corrected chi connectivity index (χ0v) is 12.9. The lowest BCUT2D eigenvalue weighted by Crippen LogP contribution is -2.46. The van der Waals surface area contributed by atoms with Gasteiger partial charge in [0, 0.05) is 5.56 Å². The molecule has 1 amide bonds. The number of carbonyl (C=O) groups is 1. The summed E-state index contributed by atoms with van der Waals surface area (Å²) in [6.45, 7) is 3.47. The van der Waals surface area contributed by atoms with Crippen molar-refractivity contribution in [2.24, 2.45) is 0 Å². The van der Waals surface area contributed by atoms with E-state index >= 15 is 0 Å². The molecule has 21 heavy (non-hydrogen) atoms. The van der Waals surface area contributed by atoms with Crippen molar-refractivity contribution in [2.45, 2.75) is 57.6 Å². The highest BCUT2D eigenvalue weighted by Crippen LogP contribution is 2.23. The zero-order chi connectivity index (χ0) is 15.3. The lowest BCUT2D eigenvalue weighted by atomic mass is 9.98. The van der Waals surface area contributed by atoms with Crippen LogP contribution < -0.4 is 10.1 Å². The van der Waals surface area contributed by atoms with Gasteiger partial charge in [0.05, 0.1) is 18.2 Å². The third-order valence-corrected chi connectivity index (χ3v) is 3.82. The van der Waals surface area contributed by atoms with E-state index < -0.39 is 5.54 Å². The molecule has 2 N–H and O–H groups in total. The second kappa shape index (κ2) is 6.94. The Morgan fingerprint density at radius 1 is 1.24 bits per heavy atom. The van der Waals surface area contributed by atoms with E-state index in [0.29, 0.717) is 11.7 Å². The van der Waals surface area contributed by atoms with Gasteiger partial charge in [-0.05, 0) is 63.8 Å². The fourth-order valence-corrected chi connectivity index (χ4v) is 2.48. The maximum Gasteiger partial charge on any atom is 0.251 e. The second-order valence-corrected chi connectivity index (χ2v) is 6.40. The molecule has 0 atom stereocenters. The molecular formula is C17H25NO3. The van der Waals surface area contributed by atoms with E-state index in [0.717, 1.165) is 18.6 Å². The fraction of sp³-hybridized carbons (Fsp3) is 0.588. The monoisotopic (exact) mass is 291 g/mol. The lowest BCUT2D eigenvalue weighted by molar-refractivity contribution is 0.0869. The summed E-state index contributed by atoms with van der Waals surface area (Å²) in [7, 11) is 0. The molecule has 1 aliphatic rings. The highest BCUT2D eigenvalue weighted by Gasteiger charge is 2.20. The number of carbonyl (C=O) groups excluding carboxylic acids is 1. The smallest absolute Gasteiger partial charge is 0.251 e. The summed E-state index contributed by atoms with van der Waals surface area (Å²) in [6, 6.07) is 7.22. The molecule has 0 aliphatic heterocycles. The second-order valence-electron chi connectivity index (χ2n) is 6.40. The van der Waals surface area contributed by atoms with Gasteiger partial charge >= 0.3 is 0 Å². The van der Waals surface area contributed by atoms with Crippen molar-refractivity contribution in [3.8, 4) is 5.75 Å². The summed E-state index contributed by atoms with van der Waals surface area (Å²) in [6.07, 6.45) is 6.33. The Morgan fingerprint density at radius 2 is 1.86 bits per heavy atom. The van der Waals surface area contributed by atoms with Gasteiger partial charge in [-0.2, -0.15) is 0 Å². The van der Waals surface area contributed by atoms with Crippen LogP contribution in [-0.4, -0.2) is 29.3 Å². The molecule has 4 nitrogen and oxygen atoms in total. The van der Waals surface area contributed by atoms with Gasteiger partial charge in [-0.15, -0.1) is 0 Å².